The molecule has 0 radical (unpaired) electrons. The van der Waals surface area contributed by atoms with Gasteiger partial charge in [0.15, 0.2) is 17.3 Å². The molecule has 1 aliphatic carbocycles. The standard InChI is InChI=1S/C24H26ClFN6O2S/c1-23(2)22(27)30-24(3,8-9-35(23,33)32-16-5-6-16)17-10-14(4-7-18(17)26)20-11-19(31-34-20)21-28-12-15(25)13-29-21/h4,7,10-13,16H,5-6,8-9H2,1-3H3,(H2,27,30)/t24-,35-/m0/s1. The third-order valence-corrected chi connectivity index (χ3v) is 10.1. The van der Waals surface area contributed by atoms with Crippen LogP contribution in [-0.2, 0) is 15.3 Å². The Balaban J connectivity index is 1.53. The van der Waals surface area contributed by atoms with Gasteiger partial charge in [0.1, 0.15) is 16.4 Å². The molecule has 1 fully saturated rings. The Bertz CT molecular complexity index is 1440. The highest BCUT2D eigenvalue weighted by atomic mass is 35.5. The first-order valence-electron chi connectivity index (χ1n) is 11.4. The van der Waals surface area contributed by atoms with Gasteiger partial charge in [-0.25, -0.2) is 22.9 Å². The second kappa shape index (κ2) is 8.37. The lowest BCUT2D eigenvalue weighted by Crippen LogP contribution is -2.45. The lowest BCUT2D eigenvalue weighted by atomic mass is 9.87. The summed E-state index contributed by atoms with van der Waals surface area (Å²) in [4.78, 5) is 13.0. The molecule has 1 aromatic carbocycles. The highest BCUT2D eigenvalue weighted by Gasteiger charge is 2.44. The first kappa shape index (κ1) is 23.9. The number of hydrogen-bond acceptors (Lipinski definition) is 8. The van der Waals surface area contributed by atoms with Crippen LogP contribution in [0.4, 0.5) is 4.39 Å². The molecule has 2 aromatic heterocycles. The largest absolute Gasteiger partial charge is 0.386 e. The van der Waals surface area contributed by atoms with Gasteiger partial charge in [0, 0.05) is 35.3 Å². The van der Waals surface area contributed by atoms with Gasteiger partial charge in [-0.1, -0.05) is 16.8 Å². The van der Waals surface area contributed by atoms with Gasteiger partial charge in [0.05, 0.1) is 26.3 Å². The molecule has 35 heavy (non-hydrogen) atoms. The Morgan fingerprint density at radius 3 is 2.60 bits per heavy atom. The van der Waals surface area contributed by atoms with Crippen LogP contribution >= 0.6 is 11.6 Å². The first-order chi connectivity index (χ1) is 16.5. The number of hydrogen-bond donors (Lipinski definition) is 1. The number of rotatable bonds is 4. The quantitative estimate of drug-likeness (QED) is 0.522. The normalized spacial score (nSPS) is 26.1. The first-order valence-corrected chi connectivity index (χ1v) is 13.4. The van der Waals surface area contributed by atoms with Crippen LogP contribution in [0, 0.1) is 5.82 Å². The fourth-order valence-electron chi connectivity index (χ4n) is 4.06. The summed E-state index contributed by atoms with van der Waals surface area (Å²) in [5, 5.41) is 4.45. The van der Waals surface area contributed by atoms with Gasteiger partial charge in [-0.15, -0.1) is 0 Å². The number of aromatic nitrogens is 3. The summed E-state index contributed by atoms with van der Waals surface area (Å²) in [6, 6.07) is 6.44. The molecule has 3 heterocycles. The zero-order valence-corrected chi connectivity index (χ0v) is 21.2. The van der Waals surface area contributed by atoms with E-state index < -0.39 is 25.8 Å². The molecule has 11 heteroatoms. The molecule has 1 saturated carbocycles. The van der Waals surface area contributed by atoms with E-state index in [4.69, 9.17) is 26.9 Å². The molecule has 0 spiro atoms. The molecule has 0 unspecified atom stereocenters. The molecule has 5 rings (SSSR count). The maximum atomic E-state index is 15.2. The van der Waals surface area contributed by atoms with Crippen molar-refractivity contribution < 1.29 is 13.1 Å². The molecular weight excluding hydrogens is 491 g/mol. The lowest BCUT2D eigenvalue weighted by Gasteiger charge is -2.27. The minimum Gasteiger partial charge on any atom is -0.386 e. The van der Waals surface area contributed by atoms with E-state index in [2.05, 4.69) is 19.5 Å². The van der Waals surface area contributed by atoms with Gasteiger partial charge >= 0.3 is 0 Å². The van der Waals surface area contributed by atoms with Crippen LogP contribution in [0.5, 0.6) is 0 Å². The molecule has 184 valence electrons. The Kier molecular flexibility index (Phi) is 5.71. The predicted octanol–water partition coefficient (Wildman–Crippen LogP) is 4.98. The van der Waals surface area contributed by atoms with Crippen molar-refractivity contribution >= 4 is 27.2 Å². The van der Waals surface area contributed by atoms with Crippen molar-refractivity contribution in [2.24, 2.45) is 15.1 Å². The van der Waals surface area contributed by atoms with Crippen molar-refractivity contribution in [3.05, 3.63) is 53.1 Å². The third kappa shape index (κ3) is 4.33. The Hall–Kier alpha value is -2.85. The second-order valence-corrected chi connectivity index (χ2v) is 13.1. The zero-order chi connectivity index (χ0) is 25.0. The summed E-state index contributed by atoms with van der Waals surface area (Å²) in [6.07, 6.45) is 5.17. The van der Waals surface area contributed by atoms with Crippen LogP contribution in [0.2, 0.25) is 5.02 Å². The minimum absolute atomic E-state index is 0.115. The maximum absolute atomic E-state index is 15.2. The zero-order valence-electron chi connectivity index (χ0n) is 19.7. The summed E-state index contributed by atoms with van der Waals surface area (Å²) < 4.78 is 38.4. The highest BCUT2D eigenvalue weighted by Crippen LogP contribution is 2.41. The summed E-state index contributed by atoms with van der Waals surface area (Å²) in [5.74, 6) is 0.844. The second-order valence-electron chi connectivity index (χ2n) is 9.71. The van der Waals surface area contributed by atoms with Gasteiger partial charge in [0.25, 0.3) is 0 Å². The molecule has 8 nitrogen and oxygen atoms in total. The average Bonchev–Trinajstić information content (AvgIpc) is 3.50. The monoisotopic (exact) mass is 516 g/mol. The van der Waals surface area contributed by atoms with Gasteiger partial charge in [-0.05, 0) is 58.2 Å². The smallest absolute Gasteiger partial charge is 0.181 e. The molecule has 2 aliphatic rings. The molecule has 0 bridgehead atoms. The van der Waals surface area contributed by atoms with Crippen LogP contribution < -0.4 is 5.73 Å². The van der Waals surface area contributed by atoms with Gasteiger partial charge < -0.3 is 10.3 Å². The van der Waals surface area contributed by atoms with E-state index in [0.717, 1.165) is 12.8 Å². The molecule has 2 atom stereocenters. The van der Waals surface area contributed by atoms with Crippen molar-refractivity contribution in [3.63, 3.8) is 0 Å². The number of halogens is 2. The topological polar surface area (TPSA) is 120 Å². The fourth-order valence-corrected chi connectivity index (χ4v) is 6.78. The van der Waals surface area contributed by atoms with Crippen LogP contribution in [0.25, 0.3) is 22.8 Å². The summed E-state index contributed by atoms with van der Waals surface area (Å²) in [7, 11) is -2.68. The highest BCUT2D eigenvalue weighted by molar-refractivity contribution is 7.95. The van der Waals surface area contributed by atoms with Crippen LogP contribution in [0.3, 0.4) is 0 Å². The molecule has 2 N–H and O–H groups in total. The molecule has 3 aromatic rings. The summed E-state index contributed by atoms with van der Waals surface area (Å²) >= 11 is 5.86. The van der Waals surface area contributed by atoms with Crippen molar-refractivity contribution in [1.82, 2.24) is 15.1 Å². The van der Waals surface area contributed by atoms with E-state index in [1.54, 1.807) is 18.2 Å². The van der Waals surface area contributed by atoms with E-state index in [-0.39, 0.29) is 17.6 Å². The van der Waals surface area contributed by atoms with Crippen LogP contribution in [0.1, 0.15) is 45.6 Å². The van der Waals surface area contributed by atoms with Crippen LogP contribution in [0.15, 0.2) is 50.5 Å². The molecule has 0 saturated heterocycles. The number of benzene rings is 1. The van der Waals surface area contributed by atoms with Crippen molar-refractivity contribution in [3.8, 4) is 22.8 Å². The number of nitrogens with zero attached hydrogens (tertiary/aromatic N) is 5. The van der Waals surface area contributed by atoms with E-state index >= 15 is 4.39 Å². The lowest BCUT2D eigenvalue weighted by molar-refractivity contribution is 0.432. The predicted molar refractivity (Wildman–Crippen MR) is 134 cm³/mol. The van der Waals surface area contributed by atoms with Crippen molar-refractivity contribution in [1.29, 1.82) is 0 Å². The van der Waals surface area contributed by atoms with E-state index in [1.165, 1.54) is 18.5 Å². The number of aliphatic imine (C=N–C) groups is 1. The number of amidine groups is 1. The summed E-state index contributed by atoms with van der Waals surface area (Å²) in [5.41, 5.74) is 6.76. The third-order valence-electron chi connectivity index (χ3n) is 6.70. The van der Waals surface area contributed by atoms with Crippen molar-refractivity contribution in [2.75, 3.05) is 5.75 Å². The Labute approximate surface area is 208 Å². The van der Waals surface area contributed by atoms with E-state index in [0.29, 0.717) is 39.8 Å². The van der Waals surface area contributed by atoms with Crippen molar-refractivity contribution in [2.45, 2.75) is 56.4 Å². The molecular formula is C24H26ClFN6O2S. The minimum atomic E-state index is -2.68. The van der Waals surface area contributed by atoms with Crippen LogP contribution in [-0.4, -0.2) is 41.7 Å². The van der Waals surface area contributed by atoms with Gasteiger partial charge in [-0.2, -0.15) is 0 Å². The van der Waals surface area contributed by atoms with Gasteiger partial charge in [0.2, 0.25) is 0 Å². The van der Waals surface area contributed by atoms with E-state index in [1.807, 2.05) is 20.8 Å². The Morgan fingerprint density at radius 1 is 1.20 bits per heavy atom. The molecule has 0 amide bonds. The Morgan fingerprint density at radius 2 is 1.91 bits per heavy atom. The average molecular weight is 517 g/mol. The number of nitrogens with two attached hydrogens (primary N) is 1. The molecule has 1 aliphatic heterocycles. The fraction of sp³-hybridized carbons (Fsp3) is 0.417. The maximum Gasteiger partial charge on any atom is 0.181 e. The summed E-state index contributed by atoms with van der Waals surface area (Å²) in [6.45, 7) is 5.44. The van der Waals surface area contributed by atoms with Gasteiger partial charge in [-0.3, -0.25) is 4.99 Å². The SMILES string of the molecule is CC1(C)C(N)=N[C@](C)(c2cc(-c3cc(-c4ncc(Cl)cn4)no3)ccc2F)CC[S@@]1(=O)=NC1CC1. The van der Waals surface area contributed by atoms with E-state index in [9.17, 15) is 4.21 Å².